The second-order valence-electron chi connectivity index (χ2n) is 2.45. The summed E-state index contributed by atoms with van der Waals surface area (Å²) in [6, 6.07) is 5.82. The molecule has 0 aliphatic heterocycles. The Morgan fingerprint density at radius 2 is 1.79 bits per heavy atom. The first-order valence-corrected chi connectivity index (χ1v) is 6.62. The Morgan fingerprint density at radius 3 is 2.21 bits per heavy atom. The van der Waals surface area contributed by atoms with E-state index in [1.165, 1.54) is 24.3 Å². The van der Waals surface area contributed by atoms with Gasteiger partial charge in [-0.05, 0) is 24.3 Å². The molecule has 0 saturated heterocycles. The Balaban J connectivity index is 2.79. The van der Waals surface area contributed by atoms with Crippen LogP contribution in [0.25, 0.3) is 0 Å². The maximum Gasteiger partial charge on any atom is 0.261 e. The largest absolute Gasteiger partial charge is 0.492 e. The van der Waals surface area contributed by atoms with Crippen molar-refractivity contribution in [1.82, 2.24) is 0 Å². The first kappa shape index (κ1) is 11.6. The summed E-state index contributed by atoms with van der Waals surface area (Å²) in [6.45, 7) is 0.383. The summed E-state index contributed by atoms with van der Waals surface area (Å²) in [5, 5.41) is 0. The predicted octanol–water partition coefficient (Wildman–Crippen LogP) is 2.23. The third-order valence-corrected chi connectivity index (χ3v) is 2.98. The SMILES string of the molecule is O=S(=O)(Cl)c1ccc(OCCCl)cc1. The highest BCUT2D eigenvalue weighted by Gasteiger charge is 2.08. The third-order valence-electron chi connectivity index (χ3n) is 1.45. The van der Waals surface area contributed by atoms with E-state index in [0.717, 1.165) is 0 Å². The van der Waals surface area contributed by atoms with Gasteiger partial charge in [-0.15, -0.1) is 11.6 Å². The average molecular weight is 255 g/mol. The molecule has 1 rings (SSSR count). The van der Waals surface area contributed by atoms with Crippen molar-refractivity contribution in [3.63, 3.8) is 0 Å². The van der Waals surface area contributed by atoms with Crippen LogP contribution in [0.5, 0.6) is 5.75 Å². The fourth-order valence-electron chi connectivity index (χ4n) is 0.855. The van der Waals surface area contributed by atoms with Crippen LogP contribution in [0.3, 0.4) is 0 Å². The topological polar surface area (TPSA) is 43.4 Å². The maximum atomic E-state index is 10.9. The van der Waals surface area contributed by atoms with Crippen LogP contribution in [0, 0.1) is 0 Å². The number of hydrogen-bond donors (Lipinski definition) is 0. The summed E-state index contributed by atoms with van der Waals surface area (Å²) in [7, 11) is 1.48. The van der Waals surface area contributed by atoms with Crippen LogP contribution in [0.2, 0.25) is 0 Å². The van der Waals surface area contributed by atoms with Gasteiger partial charge in [-0.25, -0.2) is 8.42 Å². The smallest absolute Gasteiger partial charge is 0.261 e. The van der Waals surface area contributed by atoms with Gasteiger partial charge in [0.05, 0.1) is 10.8 Å². The van der Waals surface area contributed by atoms with Crippen LogP contribution in [0.4, 0.5) is 0 Å². The van der Waals surface area contributed by atoms with E-state index in [9.17, 15) is 8.42 Å². The van der Waals surface area contributed by atoms with Crippen molar-refractivity contribution in [3.05, 3.63) is 24.3 Å². The highest BCUT2D eigenvalue weighted by atomic mass is 35.7. The minimum Gasteiger partial charge on any atom is -0.492 e. The second-order valence-corrected chi connectivity index (χ2v) is 5.39. The van der Waals surface area contributed by atoms with Crippen molar-refractivity contribution in [1.29, 1.82) is 0 Å². The zero-order valence-corrected chi connectivity index (χ0v) is 9.44. The molecule has 6 heteroatoms. The van der Waals surface area contributed by atoms with Crippen LogP contribution in [0.1, 0.15) is 0 Å². The molecule has 0 atom stereocenters. The number of benzene rings is 1. The summed E-state index contributed by atoms with van der Waals surface area (Å²) in [5.74, 6) is 0.949. The summed E-state index contributed by atoms with van der Waals surface area (Å²) < 4.78 is 26.9. The number of rotatable bonds is 4. The molecule has 0 aliphatic carbocycles. The molecule has 78 valence electrons. The molecular weight excluding hydrogens is 247 g/mol. The highest BCUT2D eigenvalue weighted by Crippen LogP contribution is 2.18. The minimum absolute atomic E-state index is 0.0531. The first-order valence-electron chi connectivity index (χ1n) is 3.77. The molecule has 3 nitrogen and oxygen atoms in total. The lowest BCUT2D eigenvalue weighted by molar-refractivity contribution is 0.342. The molecule has 14 heavy (non-hydrogen) atoms. The average Bonchev–Trinajstić information content (AvgIpc) is 2.14. The standard InChI is InChI=1S/C8H8Cl2O3S/c9-5-6-13-7-1-3-8(4-2-7)14(10,11)12/h1-4H,5-6H2. The predicted molar refractivity (Wildman–Crippen MR) is 55.7 cm³/mol. The van der Waals surface area contributed by atoms with Crippen molar-refractivity contribution < 1.29 is 13.2 Å². The maximum absolute atomic E-state index is 10.9. The first-order chi connectivity index (χ1) is 6.54. The van der Waals surface area contributed by atoms with Gasteiger partial charge >= 0.3 is 0 Å². The van der Waals surface area contributed by atoms with E-state index in [0.29, 0.717) is 18.2 Å². The summed E-state index contributed by atoms with van der Waals surface area (Å²) in [5.41, 5.74) is 0. The molecular formula is C8H8Cl2O3S. The lowest BCUT2D eigenvalue weighted by atomic mass is 10.3. The van der Waals surface area contributed by atoms with Gasteiger partial charge in [0.15, 0.2) is 0 Å². The van der Waals surface area contributed by atoms with Crippen LogP contribution in [-0.4, -0.2) is 20.9 Å². The van der Waals surface area contributed by atoms with Gasteiger partial charge in [-0.3, -0.25) is 0 Å². The minimum atomic E-state index is -3.65. The van der Waals surface area contributed by atoms with Crippen LogP contribution >= 0.6 is 22.3 Å². The van der Waals surface area contributed by atoms with E-state index in [1.807, 2.05) is 0 Å². The lowest BCUT2D eigenvalue weighted by Gasteiger charge is -2.03. The molecule has 0 aromatic heterocycles. The van der Waals surface area contributed by atoms with Crippen LogP contribution in [-0.2, 0) is 9.05 Å². The Kier molecular flexibility index (Phi) is 4.04. The Hall–Kier alpha value is -0.450. The van der Waals surface area contributed by atoms with Crippen LogP contribution in [0.15, 0.2) is 29.2 Å². The Bertz CT molecular complexity index is 386. The molecule has 0 spiro atoms. The molecule has 0 bridgehead atoms. The van der Waals surface area contributed by atoms with Crippen molar-refractivity contribution >= 4 is 31.3 Å². The summed E-state index contributed by atoms with van der Waals surface area (Å²) in [6.07, 6.45) is 0. The molecule has 0 N–H and O–H groups in total. The van der Waals surface area contributed by atoms with E-state index in [2.05, 4.69) is 0 Å². The molecule has 1 aromatic rings. The van der Waals surface area contributed by atoms with E-state index < -0.39 is 9.05 Å². The molecule has 1 aromatic carbocycles. The fourth-order valence-corrected chi connectivity index (χ4v) is 1.70. The normalized spacial score (nSPS) is 11.3. The quantitative estimate of drug-likeness (QED) is 0.612. The number of ether oxygens (including phenoxy) is 1. The van der Waals surface area contributed by atoms with Gasteiger partial charge in [0.1, 0.15) is 12.4 Å². The van der Waals surface area contributed by atoms with E-state index >= 15 is 0 Å². The number of halogens is 2. The highest BCUT2D eigenvalue weighted by molar-refractivity contribution is 8.13. The Morgan fingerprint density at radius 1 is 1.21 bits per heavy atom. The lowest BCUT2D eigenvalue weighted by Crippen LogP contribution is -1.98. The van der Waals surface area contributed by atoms with Gasteiger partial charge in [0.2, 0.25) is 0 Å². The molecule has 0 heterocycles. The van der Waals surface area contributed by atoms with Gasteiger partial charge < -0.3 is 4.74 Å². The zero-order valence-electron chi connectivity index (χ0n) is 7.11. The van der Waals surface area contributed by atoms with Gasteiger partial charge in [0.25, 0.3) is 9.05 Å². The molecule has 0 unspecified atom stereocenters. The van der Waals surface area contributed by atoms with Gasteiger partial charge in [0, 0.05) is 10.7 Å². The second kappa shape index (κ2) is 4.87. The van der Waals surface area contributed by atoms with Crippen molar-refractivity contribution in [3.8, 4) is 5.75 Å². The van der Waals surface area contributed by atoms with Crippen LogP contribution < -0.4 is 4.74 Å². The van der Waals surface area contributed by atoms with Crippen molar-refractivity contribution in [2.75, 3.05) is 12.5 Å². The fraction of sp³-hybridized carbons (Fsp3) is 0.250. The number of alkyl halides is 1. The zero-order chi connectivity index (χ0) is 10.6. The van der Waals surface area contributed by atoms with Gasteiger partial charge in [-0.1, -0.05) is 0 Å². The monoisotopic (exact) mass is 254 g/mol. The number of hydrogen-bond acceptors (Lipinski definition) is 3. The summed E-state index contributed by atoms with van der Waals surface area (Å²) >= 11 is 5.41. The Labute approximate surface area is 92.0 Å². The molecule has 0 saturated carbocycles. The van der Waals surface area contributed by atoms with Crippen molar-refractivity contribution in [2.45, 2.75) is 4.90 Å². The molecule has 0 aliphatic rings. The van der Waals surface area contributed by atoms with E-state index in [-0.39, 0.29) is 4.90 Å². The van der Waals surface area contributed by atoms with Crippen molar-refractivity contribution in [2.24, 2.45) is 0 Å². The molecule has 0 amide bonds. The van der Waals surface area contributed by atoms with E-state index in [4.69, 9.17) is 27.0 Å². The molecule has 0 radical (unpaired) electrons. The molecule has 0 fully saturated rings. The third kappa shape index (κ3) is 3.36. The summed E-state index contributed by atoms with van der Waals surface area (Å²) in [4.78, 5) is 0.0531. The van der Waals surface area contributed by atoms with Gasteiger partial charge in [-0.2, -0.15) is 0 Å². The van der Waals surface area contributed by atoms with E-state index in [1.54, 1.807) is 0 Å².